The Kier molecular flexibility index (Phi) is 3.33. The molecule has 1 aliphatic rings. The predicted octanol–water partition coefficient (Wildman–Crippen LogP) is 1.56. The molecule has 1 aliphatic heterocycles. The van der Waals surface area contributed by atoms with Crippen LogP contribution in [0, 0.1) is 5.41 Å². The molecule has 0 aromatic heterocycles. The smallest absolute Gasteiger partial charge is 0.111 e. The minimum atomic E-state index is 0.0952. The molecule has 0 aromatic carbocycles. The number of ether oxygens (including phenoxy) is 1. The zero-order valence-electron chi connectivity index (χ0n) is 8.76. The van der Waals surface area contributed by atoms with Gasteiger partial charge in [-0.1, -0.05) is 20.8 Å². The molecule has 0 spiro atoms. The van der Waals surface area contributed by atoms with Crippen molar-refractivity contribution in [1.82, 2.24) is 5.43 Å². The first-order valence-electron chi connectivity index (χ1n) is 4.84. The number of nitrogens with one attached hydrogen (secondary N) is 1. The van der Waals surface area contributed by atoms with E-state index in [4.69, 9.17) is 10.6 Å². The van der Waals surface area contributed by atoms with Crippen molar-refractivity contribution in [2.45, 2.75) is 39.7 Å². The molecule has 3 heteroatoms. The minimum absolute atomic E-state index is 0.0952. The fourth-order valence-corrected chi connectivity index (χ4v) is 1.54. The molecule has 0 saturated heterocycles. The first kappa shape index (κ1) is 10.5. The molecule has 1 atom stereocenters. The van der Waals surface area contributed by atoms with Crippen LogP contribution in [0.2, 0.25) is 0 Å². The molecule has 3 nitrogen and oxygen atoms in total. The molecule has 13 heavy (non-hydrogen) atoms. The van der Waals surface area contributed by atoms with Crippen molar-refractivity contribution < 1.29 is 4.74 Å². The first-order valence-corrected chi connectivity index (χ1v) is 4.84. The third-order valence-corrected chi connectivity index (χ3v) is 2.28. The molecule has 76 valence electrons. The van der Waals surface area contributed by atoms with Gasteiger partial charge in [-0.2, -0.15) is 0 Å². The third-order valence-electron chi connectivity index (χ3n) is 2.28. The van der Waals surface area contributed by atoms with E-state index >= 15 is 0 Å². The number of rotatable bonds is 2. The molecule has 0 saturated carbocycles. The van der Waals surface area contributed by atoms with Gasteiger partial charge >= 0.3 is 0 Å². The highest BCUT2D eigenvalue weighted by Crippen LogP contribution is 2.27. The second-order valence-corrected chi connectivity index (χ2v) is 4.56. The third kappa shape index (κ3) is 2.71. The maximum atomic E-state index is 5.58. The van der Waals surface area contributed by atoms with E-state index in [2.05, 4.69) is 32.3 Å². The van der Waals surface area contributed by atoms with E-state index in [1.165, 1.54) is 0 Å². The minimum Gasteiger partial charge on any atom is -0.497 e. The van der Waals surface area contributed by atoms with E-state index in [9.17, 15) is 0 Å². The summed E-state index contributed by atoms with van der Waals surface area (Å²) in [6, 6.07) is 0.118. The van der Waals surface area contributed by atoms with Crippen LogP contribution in [0.4, 0.5) is 0 Å². The van der Waals surface area contributed by atoms with Gasteiger partial charge < -0.3 is 4.74 Å². The maximum absolute atomic E-state index is 5.58. The van der Waals surface area contributed by atoms with Crippen molar-refractivity contribution in [3.05, 3.63) is 11.8 Å². The van der Waals surface area contributed by atoms with E-state index in [1.54, 1.807) is 0 Å². The lowest BCUT2D eigenvalue weighted by molar-refractivity contribution is 0.132. The van der Waals surface area contributed by atoms with Crippen molar-refractivity contribution >= 4 is 0 Å². The molecule has 1 heterocycles. The molecule has 0 radical (unpaired) electrons. The summed E-state index contributed by atoms with van der Waals surface area (Å²) in [4.78, 5) is 0. The molecule has 3 N–H and O–H groups in total. The Morgan fingerprint density at radius 1 is 1.54 bits per heavy atom. The topological polar surface area (TPSA) is 47.3 Å². The summed E-state index contributed by atoms with van der Waals surface area (Å²) in [5.41, 5.74) is 2.91. The van der Waals surface area contributed by atoms with Gasteiger partial charge in [0.05, 0.1) is 12.6 Å². The van der Waals surface area contributed by atoms with E-state index in [-0.39, 0.29) is 11.5 Å². The van der Waals surface area contributed by atoms with Crippen molar-refractivity contribution in [3.63, 3.8) is 0 Å². The Bertz CT molecular complexity index is 194. The number of hydrogen-bond acceptors (Lipinski definition) is 3. The molecule has 0 bridgehead atoms. The summed E-state index contributed by atoms with van der Waals surface area (Å²) in [5, 5.41) is 0. The summed E-state index contributed by atoms with van der Waals surface area (Å²) in [6.07, 6.45) is 4.35. The molecule has 0 amide bonds. The highest BCUT2D eigenvalue weighted by molar-refractivity contribution is 5.08. The monoisotopic (exact) mass is 184 g/mol. The lowest BCUT2D eigenvalue weighted by atomic mass is 9.85. The van der Waals surface area contributed by atoms with Crippen LogP contribution in [0.25, 0.3) is 0 Å². The van der Waals surface area contributed by atoms with Gasteiger partial charge in [-0.3, -0.25) is 5.84 Å². The molecule has 1 rings (SSSR count). The second-order valence-electron chi connectivity index (χ2n) is 4.56. The van der Waals surface area contributed by atoms with Crippen LogP contribution in [-0.2, 0) is 4.74 Å². The van der Waals surface area contributed by atoms with Crippen LogP contribution in [0.1, 0.15) is 33.6 Å². The highest BCUT2D eigenvalue weighted by Gasteiger charge is 2.28. The molecule has 0 aliphatic carbocycles. The average molecular weight is 184 g/mol. The van der Waals surface area contributed by atoms with Crippen molar-refractivity contribution in [2.75, 3.05) is 6.61 Å². The Morgan fingerprint density at radius 3 is 2.62 bits per heavy atom. The number of allylic oxidation sites excluding steroid dienone is 1. The average Bonchev–Trinajstić information content (AvgIpc) is 2.05. The summed E-state index contributed by atoms with van der Waals surface area (Å²) in [7, 11) is 0. The van der Waals surface area contributed by atoms with E-state index in [1.807, 2.05) is 0 Å². The van der Waals surface area contributed by atoms with Crippen LogP contribution < -0.4 is 11.3 Å². The van der Waals surface area contributed by atoms with E-state index in [0.29, 0.717) is 0 Å². The van der Waals surface area contributed by atoms with Crippen LogP contribution in [0.5, 0.6) is 0 Å². The maximum Gasteiger partial charge on any atom is 0.111 e. The van der Waals surface area contributed by atoms with Crippen LogP contribution in [0.15, 0.2) is 11.8 Å². The van der Waals surface area contributed by atoms with Gasteiger partial charge in [0.25, 0.3) is 0 Å². The van der Waals surface area contributed by atoms with E-state index < -0.39 is 0 Å². The summed E-state index contributed by atoms with van der Waals surface area (Å²) in [6.45, 7) is 7.27. The van der Waals surface area contributed by atoms with Gasteiger partial charge in [-0.15, -0.1) is 0 Å². The van der Waals surface area contributed by atoms with Gasteiger partial charge in [0.2, 0.25) is 0 Å². The fourth-order valence-electron chi connectivity index (χ4n) is 1.54. The molecule has 1 unspecified atom stereocenters. The Morgan fingerprint density at radius 2 is 2.23 bits per heavy atom. The first-order chi connectivity index (χ1) is 6.05. The van der Waals surface area contributed by atoms with Gasteiger partial charge in [0, 0.05) is 0 Å². The highest BCUT2D eigenvalue weighted by atomic mass is 16.5. The SMILES string of the molecule is CC(C)(C)C(NN)C1=CCCCO1. The van der Waals surface area contributed by atoms with Gasteiger partial charge in [0.1, 0.15) is 5.76 Å². The summed E-state index contributed by atoms with van der Waals surface area (Å²) >= 11 is 0. The van der Waals surface area contributed by atoms with E-state index in [0.717, 1.165) is 25.2 Å². The molecular formula is C10H20N2O. The van der Waals surface area contributed by atoms with Crippen LogP contribution >= 0.6 is 0 Å². The number of nitrogens with two attached hydrogens (primary N) is 1. The Hall–Kier alpha value is -0.540. The predicted molar refractivity (Wildman–Crippen MR) is 53.8 cm³/mol. The van der Waals surface area contributed by atoms with Gasteiger partial charge in [-0.25, -0.2) is 5.43 Å². The van der Waals surface area contributed by atoms with Crippen LogP contribution in [0.3, 0.4) is 0 Å². The zero-order chi connectivity index (χ0) is 9.90. The number of hydrogen-bond donors (Lipinski definition) is 2. The van der Waals surface area contributed by atoms with Crippen molar-refractivity contribution in [3.8, 4) is 0 Å². The Balaban J connectivity index is 2.70. The quantitative estimate of drug-likeness (QED) is 0.506. The van der Waals surface area contributed by atoms with Crippen LogP contribution in [-0.4, -0.2) is 12.6 Å². The summed E-state index contributed by atoms with van der Waals surface area (Å²) < 4.78 is 5.58. The second kappa shape index (κ2) is 4.11. The largest absolute Gasteiger partial charge is 0.497 e. The molecule has 0 aromatic rings. The lowest BCUT2D eigenvalue weighted by Crippen LogP contribution is -2.46. The summed E-state index contributed by atoms with van der Waals surface area (Å²) in [5.74, 6) is 6.52. The Labute approximate surface area is 80.3 Å². The fraction of sp³-hybridized carbons (Fsp3) is 0.800. The molecule has 0 fully saturated rings. The normalized spacial score (nSPS) is 20.5. The number of hydrazine groups is 1. The van der Waals surface area contributed by atoms with Gasteiger partial charge in [-0.05, 0) is 24.3 Å². The van der Waals surface area contributed by atoms with Crippen molar-refractivity contribution in [2.24, 2.45) is 11.3 Å². The zero-order valence-corrected chi connectivity index (χ0v) is 8.76. The van der Waals surface area contributed by atoms with Gasteiger partial charge in [0.15, 0.2) is 0 Å². The van der Waals surface area contributed by atoms with Crippen molar-refractivity contribution in [1.29, 1.82) is 0 Å². The molecular weight excluding hydrogens is 164 g/mol. The lowest BCUT2D eigenvalue weighted by Gasteiger charge is -2.33. The standard InChI is InChI=1S/C10H20N2O/c1-10(2,3)9(12-11)8-6-4-5-7-13-8/h6,9,12H,4-5,7,11H2,1-3H3.